The van der Waals surface area contributed by atoms with Crippen LogP contribution in [0.4, 0.5) is 52.7 Å². The Morgan fingerprint density at radius 2 is 0.947 bits per heavy atom. The van der Waals surface area contributed by atoms with Gasteiger partial charge in [-0.05, 0) is 86.9 Å². The highest BCUT2D eigenvalue weighted by Gasteiger charge is 2.72. The number of aliphatic hydroxyl groups is 2. The third-order valence-corrected chi connectivity index (χ3v) is 10.1. The molecule has 4 fully saturated rings. The lowest BCUT2D eigenvalue weighted by molar-refractivity contribution is -0.373. The first-order valence-corrected chi connectivity index (χ1v) is 13.0. The van der Waals surface area contributed by atoms with E-state index in [0.717, 1.165) is 6.42 Å². The van der Waals surface area contributed by atoms with E-state index in [4.69, 9.17) is 5.11 Å². The second-order valence-corrected chi connectivity index (χ2v) is 12.6. The van der Waals surface area contributed by atoms with Gasteiger partial charge in [0, 0.05) is 10.5 Å². The van der Waals surface area contributed by atoms with E-state index in [1.165, 1.54) is 0 Å². The fourth-order valence-electron chi connectivity index (χ4n) is 6.85. The molecule has 8 atom stereocenters. The van der Waals surface area contributed by atoms with E-state index in [0.29, 0.717) is 25.7 Å². The molecule has 4 saturated carbocycles. The summed E-state index contributed by atoms with van der Waals surface area (Å²) in [6.07, 6.45) is -22.3. The van der Waals surface area contributed by atoms with Crippen LogP contribution >= 0.6 is 25.3 Å². The van der Waals surface area contributed by atoms with Gasteiger partial charge in [0.1, 0.15) is 0 Å². The van der Waals surface area contributed by atoms with Crippen molar-refractivity contribution in [3.05, 3.63) is 0 Å². The van der Waals surface area contributed by atoms with Crippen LogP contribution < -0.4 is 0 Å². The van der Waals surface area contributed by atoms with Crippen molar-refractivity contribution in [1.29, 1.82) is 0 Å². The third-order valence-electron chi connectivity index (χ3n) is 8.87. The van der Waals surface area contributed by atoms with Crippen molar-refractivity contribution in [3.8, 4) is 0 Å². The Morgan fingerprint density at radius 3 is 1.26 bits per heavy atom. The van der Waals surface area contributed by atoms with Gasteiger partial charge in [-0.15, -0.1) is 0 Å². The van der Waals surface area contributed by atoms with E-state index in [1.807, 2.05) is 0 Å². The maximum Gasteiger partial charge on any atom is 0.426 e. The summed E-state index contributed by atoms with van der Waals surface area (Å²) < 4.78 is 151. The van der Waals surface area contributed by atoms with Gasteiger partial charge in [0.2, 0.25) is 0 Å². The van der Waals surface area contributed by atoms with Gasteiger partial charge in [-0.1, -0.05) is 0 Å². The Hall–Kier alpha value is -0.220. The van der Waals surface area contributed by atoms with Gasteiger partial charge in [-0.3, -0.25) is 0 Å². The first-order valence-electron chi connectivity index (χ1n) is 12.0. The fourth-order valence-corrected chi connectivity index (χ4v) is 8.03. The molecule has 0 aromatic heterocycles. The predicted molar refractivity (Wildman–Crippen MR) is 118 cm³/mol. The Bertz CT molecular complexity index is 810. The minimum Gasteiger partial charge on any atom is -0.374 e. The van der Waals surface area contributed by atoms with Gasteiger partial charge in [0.25, 0.3) is 11.2 Å². The summed E-state index contributed by atoms with van der Waals surface area (Å²) in [4.78, 5) is 0. The maximum atomic E-state index is 12.6. The number of rotatable bonds is 4. The van der Waals surface area contributed by atoms with Crippen LogP contribution in [0.25, 0.3) is 0 Å². The van der Waals surface area contributed by atoms with Crippen LogP contribution in [0, 0.1) is 35.5 Å². The van der Waals surface area contributed by atoms with E-state index in [2.05, 4.69) is 25.3 Å². The summed E-state index contributed by atoms with van der Waals surface area (Å²) in [7, 11) is 0. The maximum absolute atomic E-state index is 12.6. The van der Waals surface area contributed by atoms with E-state index >= 15 is 0 Å². The zero-order chi connectivity index (χ0) is 29.3. The average Bonchev–Trinajstić information content (AvgIpc) is 3.45. The van der Waals surface area contributed by atoms with Crippen molar-refractivity contribution in [1.82, 2.24) is 0 Å². The second kappa shape index (κ2) is 10.2. The minimum absolute atomic E-state index is 0.0612. The van der Waals surface area contributed by atoms with Crippen LogP contribution in [0.2, 0.25) is 0 Å². The molecule has 0 aliphatic heterocycles. The third kappa shape index (κ3) is 5.88. The molecule has 0 heterocycles. The molecular weight excluding hydrogens is 588 g/mol. The van der Waals surface area contributed by atoms with Crippen LogP contribution in [0.1, 0.15) is 51.4 Å². The monoisotopic (exact) mass is 616 g/mol. The molecule has 4 bridgehead atoms. The quantitative estimate of drug-likeness (QED) is 0.200. The van der Waals surface area contributed by atoms with Gasteiger partial charge in [-0.2, -0.15) is 77.9 Å². The van der Waals surface area contributed by atoms with Crippen molar-refractivity contribution < 1.29 is 62.9 Å². The van der Waals surface area contributed by atoms with E-state index in [9.17, 15) is 57.8 Å². The molecule has 0 spiro atoms. The summed E-state index contributed by atoms with van der Waals surface area (Å²) in [5.41, 5.74) is -9.20. The van der Waals surface area contributed by atoms with Gasteiger partial charge >= 0.3 is 24.7 Å². The van der Waals surface area contributed by atoms with Gasteiger partial charge in [0.15, 0.2) is 0 Å². The number of alkyl halides is 12. The lowest BCUT2D eigenvalue weighted by Gasteiger charge is -2.37. The zero-order valence-electron chi connectivity index (χ0n) is 19.6. The first-order chi connectivity index (χ1) is 16.9. The smallest absolute Gasteiger partial charge is 0.374 e. The molecule has 2 N–H and O–H groups in total. The number of thiol groups is 2. The molecular formula is C22H28F12O2S2. The van der Waals surface area contributed by atoms with E-state index in [-0.39, 0.29) is 40.6 Å². The van der Waals surface area contributed by atoms with Crippen molar-refractivity contribution in [3.63, 3.8) is 0 Å². The number of fused-ring (bicyclic) bond motifs is 4. The molecule has 8 unspecified atom stereocenters. The van der Waals surface area contributed by atoms with Gasteiger partial charge < -0.3 is 10.2 Å². The van der Waals surface area contributed by atoms with E-state index in [1.54, 1.807) is 0 Å². The highest BCUT2D eigenvalue weighted by molar-refractivity contribution is 7.81. The SMILES string of the molecule is OC(CC1CC2CC(S)C1C2)(C(F)(F)F)C(F)(F)F.OC(CC1CC2CC1CC2S)(C(F)(F)F)C(F)(F)F. The molecule has 2 nitrogen and oxygen atoms in total. The Labute approximate surface area is 221 Å². The summed E-state index contributed by atoms with van der Waals surface area (Å²) in [6, 6.07) is 0. The highest BCUT2D eigenvalue weighted by Crippen LogP contribution is 2.57. The van der Waals surface area contributed by atoms with Crippen molar-refractivity contribution in [2.75, 3.05) is 0 Å². The predicted octanol–water partition coefficient (Wildman–Crippen LogP) is 7.15. The van der Waals surface area contributed by atoms with E-state index < -0.39 is 60.6 Å². The average molecular weight is 617 g/mol. The second-order valence-electron chi connectivity index (χ2n) is 11.2. The largest absolute Gasteiger partial charge is 0.426 e. The van der Waals surface area contributed by atoms with Crippen LogP contribution in [0.3, 0.4) is 0 Å². The van der Waals surface area contributed by atoms with Crippen molar-refractivity contribution in [2.45, 2.75) is 97.8 Å². The summed E-state index contributed by atoms with van der Waals surface area (Å²) in [5.74, 6) is -1.74. The zero-order valence-corrected chi connectivity index (χ0v) is 21.4. The minimum atomic E-state index is -5.71. The molecule has 16 heteroatoms. The molecule has 224 valence electrons. The van der Waals surface area contributed by atoms with Crippen molar-refractivity contribution >= 4 is 25.3 Å². The van der Waals surface area contributed by atoms with Gasteiger partial charge in [-0.25, -0.2) is 0 Å². The van der Waals surface area contributed by atoms with Gasteiger partial charge in [0.05, 0.1) is 0 Å². The number of halogens is 12. The molecule has 38 heavy (non-hydrogen) atoms. The molecule has 4 aliphatic rings. The first kappa shape index (κ1) is 32.3. The Kier molecular flexibility index (Phi) is 8.71. The molecule has 0 saturated heterocycles. The summed E-state index contributed by atoms with van der Waals surface area (Å²) in [6.45, 7) is 0. The molecule has 0 amide bonds. The highest BCUT2D eigenvalue weighted by atomic mass is 32.1. The van der Waals surface area contributed by atoms with Crippen LogP contribution in [0.5, 0.6) is 0 Å². The number of hydrogen-bond acceptors (Lipinski definition) is 4. The molecule has 0 aromatic rings. The molecule has 0 aromatic carbocycles. The number of hydrogen-bond donors (Lipinski definition) is 4. The standard InChI is InChI=1S/2C11H14F6OS/c12-10(13,14)9(18,11(15,16)17)4-7-2-6-1-5(7)3-8(6)19;12-10(13,14)9(18,11(15,16)17)4-6-1-5-2-7(6)8(19)3-5/h2*5-8,18-19H,1-4H2. The normalized spacial score (nSPS) is 36.0. The Morgan fingerprint density at radius 1 is 0.500 bits per heavy atom. The molecule has 4 rings (SSSR count). The lowest BCUT2D eigenvalue weighted by atomic mass is 9.79. The Balaban J connectivity index is 0.000000211. The van der Waals surface area contributed by atoms with Crippen LogP contribution in [0.15, 0.2) is 0 Å². The fraction of sp³-hybridized carbons (Fsp3) is 1.00. The summed E-state index contributed by atoms with van der Waals surface area (Å²) in [5, 5.41) is 18.3. The van der Waals surface area contributed by atoms with Crippen molar-refractivity contribution in [2.24, 2.45) is 35.5 Å². The van der Waals surface area contributed by atoms with Crippen LogP contribution in [-0.2, 0) is 0 Å². The summed E-state index contributed by atoms with van der Waals surface area (Å²) >= 11 is 8.46. The molecule has 4 aliphatic carbocycles. The topological polar surface area (TPSA) is 40.5 Å². The lowest BCUT2D eigenvalue weighted by Crippen LogP contribution is -2.58. The van der Waals surface area contributed by atoms with Crippen LogP contribution in [-0.4, -0.2) is 56.6 Å². The molecule has 0 radical (unpaired) electrons.